The minimum absolute atomic E-state index is 0.0666. The van der Waals surface area contributed by atoms with E-state index in [-0.39, 0.29) is 11.3 Å². The zero-order valence-electron chi connectivity index (χ0n) is 17.4. The maximum atomic E-state index is 12.8. The molecule has 2 aromatic heterocycles. The van der Waals surface area contributed by atoms with Crippen molar-refractivity contribution in [2.45, 2.75) is 13.0 Å². The molecular weight excluding hydrogens is 408 g/mol. The van der Waals surface area contributed by atoms with Gasteiger partial charge >= 0.3 is 0 Å². The number of aryl methyl sites for hydroxylation is 1. The third-order valence-corrected chi connectivity index (χ3v) is 5.67. The summed E-state index contributed by atoms with van der Waals surface area (Å²) >= 11 is 0. The van der Waals surface area contributed by atoms with E-state index in [9.17, 15) is 9.59 Å². The number of amides is 1. The largest absolute Gasteiger partial charge is 0.339 e. The molecule has 1 saturated heterocycles. The van der Waals surface area contributed by atoms with Crippen LogP contribution in [0, 0.1) is 0 Å². The van der Waals surface area contributed by atoms with Crippen molar-refractivity contribution >= 4 is 22.8 Å². The summed E-state index contributed by atoms with van der Waals surface area (Å²) in [6, 6.07) is 17.1. The molecule has 1 aliphatic rings. The van der Waals surface area contributed by atoms with Crippen molar-refractivity contribution in [3.05, 3.63) is 71.0 Å². The van der Waals surface area contributed by atoms with E-state index in [0.29, 0.717) is 50.5 Å². The Morgan fingerprint density at radius 1 is 0.938 bits per heavy atom. The maximum Gasteiger partial charge on any atom is 0.250 e. The summed E-state index contributed by atoms with van der Waals surface area (Å²) in [5, 5.41) is 16.9. The molecule has 0 saturated carbocycles. The van der Waals surface area contributed by atoms with E-state index in [1.54, 1.807) is 15.4 Å². The van der Waals surface area contributed by atoms with Gasteiger partial charge in [0.2, 0.25) is 17.3 Å². The standard InChI is InChI=1S/C22H22N8O2/c31-20-16-23-29(19-9-5-4-8-18(19)20)11-10-21(32)27-12-14-28(15-13-27)22-24-25-26-30(22)17-6-2-1-3-7-17/h1-9,16H,10-15H2. The lowest BCUT2D eigenvalue weighted by molar-refractivity contribution is -0.131. The van der Waals surface area contributed by atoms with E-state index in [4.69, 9.17) is 0 Å². The molecule has 0 atom stereocenters. The normalized spacial score (nSPS) is 14.1. The average Bonchev–Trinajstić information content (AvgIpc) is 3.34. The fraction of sp³-hybridized carbons (Fsp3) is 0.273. The monoisotopic (exact) mass is 430 g/mol. The lowest BCUT2D eigenvalue weighted by atomic mass is 10.2. The van der Waals surface area contributed by atoms with E-state index in [0.717, 1.165) is 11.2 Å². The molecule has 162 valence electrons. The second-order valence-electron chi connectivity index (χ2n) is 7.59. The van der Waals surface area contributed by atoms with Crippen molar-refractivity contribution < 1.29 is 4.79 Å². The second kappa shape index (κ2) is 8.58. The maximum absolute atomic E-state index is 12.8. The van der Waals surface area contributed by atoms with E-state index >= 15 is 0 Å². The highest BCUT2D eigenvalue weighted by Crippen LogP contribution is 2.17. The van der Waals surface area contributed by atoms with Crippen LogP contribution in [0.15, 0.2) is 65.6 Å². The van der Waals surface area contributed by atoms with Crippen LogP contribution in [0.4, 0.5) is 5.95 Å². The van der Waals surface area contributed by atoms with Gasteiger partial charge < -0.3 is 9.80 Å². The van der Waals surface area contributed by atoms with Crippen molar-refractivity contribution in [3.8, 4) is 5.69 Å². The molecule has 32 heavy (non-hydrogen) atoms. The Morgan fingerprint density at radius 2 is 1.69 bits per heavy atom. The number of hydrogen-bond acceptors (Lipinski definition) is 7. The summed E-state index contributed by atoms with van der Waals surface area (Å²) in [5.74, 6) is 0.740. The Kier molecular flexibility index (Phi) is 5.32. The predicted octanol–water partition coefficient (Wildman–Crippen LogP) is 1.11. The van der Waals surface area contributed by atoms with Gasteiger partial charge in [0.25, 0.3) is 0 Å². The van der Waals surface area contributed by atoms with E-state index in [2.05, 4.69) is 25.5 Å². The fourth-order valence-corrected chi connectivity index (χ4v) is 3.97. The lowest BCUT2D eigenvalue weighted by Crippen LogP contribution is -2.49. The highest BCUT2D eigenvalue weighted by Gasteiger charge is 2.24. The third-order valence-electron chi connectivity index (χ3n) is 5.67. The van der Waals surface area contributed by atoms with Gasteiger partial charge in [0.1, 0.15) is 0 Å². The summed E-state index contributed by atoms with van der Waals surface area (Å²) in [4.78, 5) is 28.8. The first-order valence-corrected chi connectivity index (χ1v) is 10.5. The number of benzene rings is 2. The second-order valence-corrected chi connectivity index (χ2v) is 7.59. The molecule has 0 radical (unpaired) electrons. The van der Waals surface area contributed by atoms with Gasteiger partial charge in [0.05, 0.1) is 23.9 Å². The van der Waals surface area contributed by atoms with Gasteiger partial charge in [0.15, 0.2) is 0 Å². The molecule has 0 bridgehead atoms. The van der Waals surface area contributed by atoms with Crippen LogP contribution < -0.4 is 10.3 Å². The molecule has 10 nitrogen and oxygen atoms in total. The topological polar surface area (TPSA) is 102 Å². The predicted molar refractivity (Wildman–Crippen MR) is 119 cm³/mol. The molecule has 3 heterocycles. The first-order chi connectivity index (χ1) is 15.7. The van der Waals surface area contributed by atoms with Crippen LogP contribution in [-0.2, 0) is 11.3 Å². The molecule has 0 aliphatic carbocycles. The van der Waals surface area contributed by atoms with Gasteiger partial charge in [-0.2, -0.15) is 9.78 Å². The van der Waals surface area contributed by atoms with Crippen molar-refractivity contribution in [2.75, 3.05) is 31.1 Å². The van der Waals surface area contributed by atoms with Gasteiger partial charge in [0, 0.05) is 38.0 Å². The molecule has 4 aromatic rings. The van der Waals surface area contributed by atoms with Crippen LogP contribution in [0.5, 0.6) is 0 Å². The molecule has 0 N–H and O–H groups in total. The molecule has 1 fully saturated rings. The van der Waals surface area contributed by atoms with Crippen molar-refractivity contribution in [2.24, 2.45) is 0 Å². The van der Waals surface area contributed by atoms with E-state index in [1.165, 1.54) is 6.20 Å². The SMILES string of the molecule is O=C(CCn1ncc(=O)c2ccccc21)N1CCN(c2nnnn2-c2ccccc2)CC1. The number of tetrazole rings is 1. The van der Waals surface area contributed by atoms with Crippen molar-refractivity contribution in [1.29, 1.82) is 0 Å². The Hall–Kier alpha value is -4.08. The van der Waals surface area contributed by atoms with Gasteiger partial charge in [-0.25, -0.2) is 0 Å². The molecule has 2 aromatic carbocycles. The number of fused-ring (bicyclic) bond motifs is 1. The quantitative estimate of drug-likeness (QED) is 0.467. The first kappa shape index (κ1) is 19.9. The molecular formula is C22H22N8O2. The van der Waals surface area contributed by atoms with Crippen LogP contribution in [0.25, 0.3) is 16.6 Å². The van der Waals surface area contributed by atoms with Gasteiger partial charge in [-0.15, -0.1) is 0 Å². The van der Waals surface area contributed by atoms with Gasteiger partial charge in [-0.3, -0.25) is 14.3 Å². The Labute approximate surface area is 183 Å². The van der Waals surface area contributed by atoms with E-state index in [1.807, 2.05) is 53.4 Å². The zero-order valence-corrected chi connectivity index (χ0v) is 17.4. The molecule has 1 amide bonds. The minimum Gasteiger partial charge on any atom is -0.339 e. The first-order valence-electron chi connectivity index (χ1n) is 10.5. The number of carbonyl (C=O) groups is 1. The summed E-state index contributed by atoms with van der Waals surface area (Å²) < 4.78 is 3.43. The smallest absolute Gasteiger partial charge is 0.250 e. The lowest BCUT2D eigenvalue weighted by Gasteiger charge is -2.34. The van der Waals surface area contributed by atoms with E-state index < -0.39 is 0 Å². The molecule has 5 rings (SSSR count). The number of carbonyl (C=O) groups excluding carboxylic acids is 1. The Balaban J connectivity index is 1.22. The van der Waals surface area contributed by atoms with Crippen molar-refractivity contribution in [3.63, 3.8) is 0 Å². The number of aromatic nitrogens is 6. The van der Waals surface area contributed by atoms with Crippen molar-refractivity contribution in [1.82, 2.24) is 34.9 Å². The average molecular weight is 430 g/mol. The number of nitrogens with zero attached hydrogens (tertiary/aromatic N) is 8. The number of anilines is 1. The number of piperazine rings is 1. The third kappa shape index (κ3) is 3.82. The summed E-state index contributed by atoms with van der Waals surface area (Å²) in [6.07, 6.45) is 1.63. The highest BCUT2D eigenvalue weighted by molar-refractivity contribution is 5.79. The zero-order chi connectivity index (χ0) is 21.9. The number of rotatable bonds is 5. The summed E-state index contributed by atoms with van der Waals surface area (Å²) in [7, 11) is 0. The van der Waals surface area contributed by atoms with Crippen LogP contribution in [0.3, 0.4) is 0 Å². The van der Waals surface area contributed by atoms with Gasteiger partial charge in [-0.1, -0.05) is 35.4 Å². The van der Waals surface area contributed by atoms with Crippen LogP contribution in [-0.4, -0.2) is 67.0 Å². The Bertz CT molecular complexity index is 1290. The molecule has 0 unspecified atom stereocenters. The number of hydrogen-bond donors (Lipinski definition) is 0. The molecule has 0 spiro atoms. The summed E-state index contributed by atoms with van der Waals surface area (Å²) in [5.41, 5.74) is 1.52. The van der Waals surface area contributed by atoms with Gasteiger partial charge in [-0.05, 0) is 34.7 Å². The van der Waals surface area contributed by atoms with Crippen LogP contribution >= 0.6 is 0 Å². The Morgan fingerprint density at radius 3 is 2.50 bits per heavy atom. The number of para-hydroxylation sites is 2. The summed E-state index contributed by atoms with van der Waals surface area (Å²) in [6.45, 7) is 2.92. The van der Waals surface area contributed by atoms with Crippen LogP contribution in [0.2, 0.25) is 0 Å². The molecule has 10 heteroatoms. The van der Waals surface area contributed by atoms with Crippen LogP contribution in [0.1, 0.15) is 6.42 Å². The minimum atomic E-state index is -0.114. The fourth-order valence-electron chi connectivity index (χ4n) is 3.97. The molecule has 1 aliphatic heterocycles. The highest BCUT2D eigenvalue weighted by atomic mass is 16.2.